The first kappa shape index (κ1) is 43.0. The number of hydrogen-bond donors (Lipinski definition) is 2. The lowest BCUT2D eigenvalue weighted by atomic mass is 9.66. The van der Waals surface area contributed by atoms with Gasteiger partial charge in [-0.2, -0.15) is 18.3 Å². The van der Waals surface area contributed by atoms with E-state index in [1.807, 2.05) is 15.8 Å². The smallest absolute Gasteiger partial charge is 0.433 e. The van der Waals surface area contributed by atoms with Crippen LogP contribution in [0.1, 0.15) is 103 Å². The van der Waals surface area contributed by atoms with E-state index in [1.54, 1.807) is 30.3 Å². The van der Waals surface area contributed by atoms with Gasteiger partial charge in [-0.15, -0.1) is 0 Å². The third-order valence-electron chi connectivity index (χ3n) is 13.6. The Morgan fingerprint density at radius 3 is 2.39 bits per heavy atom. The van der Waals surface area contributed by atoms with Gasteiger partial charge in [-0.3, -0.25) is 29.3 Å². The first-order valence-corrected chi connectivity index (χ1v) is 21.5. The van der Waals surface area contributed by atoms with Gasteiger partial charge >= 0.3 is 12.2 Å². The molecule has 0 bridgehead atoms. The van der Waals surface area contributed by atoms with Crippen LogP contribution < -0.4 is 20.3 Å². The topological polar surface area (TPSA) is 142 Å². The first-order chi connectivity index (χ1) is 29.6. The number of nitrogens with zero attached hydrogens (tertiary/aromatic N) is 6. The highest BCUT2D eigenvalue weighted by molar-refractivity contribution is 6.34. The molecule has 4 heterocycles. The number of pyridine rings is 1. The van der Waals surface area contributed by atoms with Crippen molar-refractivity contribution in [1.29, 1.82) is 0 Å². The number of likely N-dealkylation sites (tertiary alicyclic amines) is 1. The number of amides is 5. The summed E-state index contributed by atoms with van der Waals surface area (Å²) in [4.78, 5) is 59.9. The highest BCUT2D eigenvalue weighted by Gasteiger charge is 2.41. The number of methoxy groups -OCH3 is 1. The maximum atomic E-state index is 13.6. The molecule has 2 saturated carbocycles. The Labute approximate surface area is 362 Å². The van der Waals surface area contributed by atoms with E-state index in [1.165, 1.54) is 23.8 Å². The Balaban J connectivity index is 0.818. The SMILES string of the molecule is C=C([C@H]1CC[C@H](n2cc3cc(NC(=O)c4cccc(C(F)(F)F)n4)c(OC)cc3n2)CC1)N(C)C1CCC2(CC1)CCN(C(=O)c1ccc(Cl)c(N3CCC(=O)NC3=O)c1)CC2. The van der Waals surface area contributed by atoms with Crippen LogP contribution in [-0.2, 0) is 11.0 Å². The maximum Gasteiger partial charge on any atom is 0.433 e. The fraction of sp³-hybridized carbons (Fsp3) is 0.467. The highest BCUT2D eigenvalue weighted by atomic mass is 35.5. The van der Waals surface area contributed by atoms with Crippen molar-refractivity contribution in [2.45, 2.75) is 88.9 Å². The summed E-state index contributed by atoms with van der Waals surface area (Å²) < 4.78 is 47.1. The molecule has 1 spiro atoms. The second kappa shape index (κ2) is 17.3. The van der Waals surface area contributed by atoms with E-state index in [-0.39, 0.29) is 41.9 Å². The summed E-state index contributed by atoms with van der Waals surface area (Å²) in [7, 11) is 3.63. The van der Waals surface area contributed by atoms with Crippen LogP contribution in [0.2, 0.25) is 5.02 Å². The summed E-state index contributed by atoms with van der Waals surface area (Å²) >= 11 is 6.43. The third kappa shape index (κ3) is 8.83. The van der Waals surface area contributed by atoms with Crippen LogP contribution in [0.4, 0.5) is 29.3 Å². The number of fused-ring (bicyclic) bond motifs is 1. The number of halogens is 4. The number of benzene rings is 2. The third-order valence-corrected chi connectivity index (χ3v) is 13.9. The quantitative estimate of drug-likeness (QED) is 0.170. The molecule has 2 N–H and O–H groups in total. The van der Waals surface area contributed by atoms with E-state index in [0.717, 1.165) is 81.7 Å². The van der Waals surface area contributed by atoms with Crippen LogP contribution in [0.25, 0.3) is 10.9 Å². The number of piperidine rings is 1. The molecule has 8 rings (SSSR count). The van der Waals surface area contributed by atoms with Crippen molar-refractivity contribution in [3.8, 4) is 5.75 Å². The van der Waals surface area contributed by atoms with E-state index >= 15 is 0 Å². The van der Waals surface area contributed by atoms with Crippen LogP contribution in [0, 0.1) is 11.3 Å². The maximum absolute atomic E-state index is 13.6. The Morgan fingerprint density at radius 1 is 0.984 bits per heavy atom. The molecule has 2 saturated heterocycles. The second-order valence-electron chi connectivity index (χ2n) is 17.1. The van der Waals surface area contributed by atoms with Crippen LogP contribution in [0.3, 0.4) is 0 Å². The first-order valence-electron chi connectivity index (χ1n) is 21.2. The van der Waals surface area contributed by atoms with Gasteiger partial charge in [-0.25, -0.2) is 9.78 Å². The van der Waals surface area contributed by atoms with Crippen molar-refractivity contribution in [3.63, 3.8) is 0 Å². The molecule has 62 heavy (non-hydrogen) atoms. The molecule has 0 atom stereocenters. The van der Waals surface area contributed by atoms with Crippen LogP contribution in [-0.4, -0.2) is 88.2 Å². The fourth-order valence-electron chi connectivity index (χ4n) is 9.74. The lowest BCUT2D eigenvalue weighted by molar-refractivity contribution is -0.141. The zero-order chi connectivity index (χ0) is 43.9. The van der Waals surface area contributed by atoms with Gasteiger partial charge in [-0.05, 0) is 112 Å². The second-order valence-corrected chi connectivity index (χ2v) is 17.5. The summed E-state index contributed by atoms with van der Waals surface area (Å²) in [6.45, 7) is 6.13. The van der Waals surface area contributed by atoms with E-state index < -0.39 is 23.8 Å². The van der Waals surface area contributed by atoms with Crippen LogP contribution in [0.5, 0.6) is 5.75 Å². The highest BCUT2D eigenvalue weighted by Crippen LogP contribution is 2.47. The molecule has 2 aliphatic carbocycles. The van der Waals surface area contributed by atoms with E-state index in [0.29, 0.717) is 58.3 Å². The van der Waals surface area contributed by atoms with Gasteiger partial charge < -0.3 is 19.9 Å². The summed E-state index contributed by atoms with van der Waals surface area (Å²) in [6.07, 6.45) is 7.44. The number of ether oxygens (including phenoxy) is 1. The van der Waals surface area contributed by atoms with E-state index in [4.69, 9.17) is 21.4 Å². The molecule has 0 radical (unpaired) electrons. The minimum absolute atomic E-state index is 0.0839. The largest absolute Gasteiger partial charge is 0.494 e. The molecule has 5 amide bonds. The van der Waals surface area contributed by atoms with Gasteiger partial charge in [-0.1, -0.05) is 24.2 Å². The van der Waals surface area contributed by atoms with Crippen LogP contribution >= 0.6 is 11.6 Å². The normalized spacial score (nSPS) is 20.9. The number of imide groups is 1. The van der Waals surface area contributed by atoms with Gasteiger partial charge in [0.1, 0.15) is 17.1 Å². The molecule has 328 valence electrons. The van der Waals surface area contributed by atoms with Gasteiger partial charge in [0.05, 0.1) is 35.1 Å². The number of anilines is 2. The average Bonchev–Trinajstić information content (AvgIpc) is 3.69. The monoisotopic (exact) mass is 874 g/mol. The van der Waals surface area contributed by atoms with Crippen molar-refractivity contribution in [1.82, 2.24) is 29.9 Å². The Morgan fingerprint density at radius 2 is 1.71 bits per heavy atom. The number of rotatable bonds is 9. The van der Waals surface area contributed by atoms with E-state index in [9.17, 15) is 32.3 Å². The van der Waals surface area contributed by atoms with Gasteiger partial charge in [0.15, 0.2) is 0 Å². The zero-order valence-electron chi connectivity index (χ0n) is 34.8. The zero-order valence-corrected chi connectivity index (χ0v) is 35.5. The van der Waals surface area contributed by atoms with Crippen molar-refractivity contribution in [3.05, 3.63) is 89.0 Å². The molecule has 2 aromatic heterocycles. The van der Waals surface area contributed by atoms with Gasteiger partial charge in [0, 0.05) is 68.1 Å². The van der Waals surface area contributed by atoms with Crippen LogP contribution in [0.15, 0.2) is 67.0 Å². The predicted molar refractivity (Wildman–Crippen MR) is 228 cm³/mol. The van der Waals surface area contributed by atoms with Crippen molar-refractivity contribution >= 4 is 57.6 Å². The minimum atomic E-state index is -4.67. The summed E-state index contributed by atoms with van der Waals surface area (Å²) in [5, 5.41) is 10.9. The molecule has 2 aliphatic heterocycles. The van der Waals surface area contributed by atoms with Gasteiger partial charge in [0.25, 0.3) is 11.8 Å². The average molecular weight is 875 g/mol. The Bertz CT molecular complexity index is 2400. The number of aromatic nitrogens is 3. The van der Waals surface area contributed by atoms with Crippen molar-refractivity contribution < 1.29 is 37.1 Å². The molecule has 13 nitrogen and oxygen atoms in total. The van der Waals surface area contributed by atoms with Crippen molar-refractivity contribution in [2.75, 3.05) is 44.0 Å². The number of nitrogens with one attached hydrogen (secondary N) is 2. The summed E-state index contributed by atoms with van der Waals surface area (Å²) in [5.74, 6) is -0.514. The molecule has 0 unspecified atom stereocenters. The molecular weight excluding hydrogens is 825 g/mol. The lowest BCUT2D eigenvalue weighted by Crippen LogP contribution is -2.49. The van der Waals surface area contributed by atoms with Crippen molar-refractivity contribution in [2.24, 2.45) is 11.3 Å². The number of carbonyl (C=O) groups is 4. The molecule has 4 aromatic rings. The number of allylic oxidation sites excluding steroid dienone is 1. The number of urea groups is 1. The number of hydrogen-bond acceptors (Lipinski definition) is 8. The summed E-state index contributed by atoms with van der Waals surface area (Å²) in [5.41, 5.74) is 1.75. The molecule has 4 fully saturated rings. The standard InChI is InChI=1S/C45H50ClF3N8O5/c1-27(28-7-10-32(11-8-28)57-26-30-23-36(38(62-3)25-35(30)53-57)51-41(59)34-5-4-6-39(50-34)45(47,48)49)54(2)31-13-16-44(17-14-31)18-21-55(22-19-44)42(60)29-9-12-33(46)37(24-29)56-20-15-40(58)52-43(56)61/h4-6,9,12,23-26,28,31-32H,1,7-8,10-11,13-22H2,2-3H3,(H,51,59)(H,52,58,61)/t28-,32-. The minimum Gasteiger partial charge on any atom is -0.494 e. The molecule has 4 aliphatic rings. The molecule has 17 heteroatoms. The summed E-state index contributed by atoms with van der Waals surface area (Å²) in [6, 6.07) is 11.6. The fourth-order valence-corrected chi connectivity index (χ4v) is 9.96. The predicted octanol–water partition coefficient (Wildman–Crippen LogP) is 8.85. The number of alkyl halides is 3. The Hall–Kier alpha value is -5.64. The van der Waals surface area contributed by atoms with E-state index in [2.05, 4.69) is 34.1 Å². The molecular formula is C45H50ClF3N8O5. The number of carbonyl (C=O) groups excluding carboxylic acids is 4. The molecule has 2 aromatic carbocycles. The van der Waals surface area contributed by atoms with Gasteiger partial charge in [0.2, 0.25) is 5.91 Å². The Kier molecular flexibility index (Phi) is 12.0. The lowest BCUT2D eigenvalue weighted by Gasteiger charge is -2.48.